The van der Waals surface area contributed by atoms with Gasteiger partial charge in [-0.1, -0.05) is 115 Å². The molecular formula is C32H49NO5S. The Hall–Kier alpha value is -2.38. The fourth-order valence-electron chi connectivity index (χ4n) is 4.49. The monoisotopic (exact) mass is 559 g/mol. The molecule has 2 rings (SSSR count). The van der Waals surface area contributed by atoms with Gasteiger partial charge in [-0.25, -0.2) is 0 Å². The van der Waals surface area contributed by atoms with Gasteiger partial charge in [0.25, 0.3) is 10.1 Å². The van der Waals surface area contributed by atoms with E-state index in [0.717, 1.165) is 30.6 Å². The van der Waals surface area contributed by atoms with Crippen LogP contribution in [0.1, 0.15) is 108 Å². The summed E-state index contributed by atoms with van der Waals surface area (Å²) in [6, 6.07) is 14.6. The average molecular weight is 560 g/mol. The maximum absolute atomic E-state index is 12.5. The second kappa shape index (κ2) is 19.6. The number of carbonyl (C=O) groups is 1. The van der Waals surface area contributed by atoms with E-state index in [2.05, 4.69) is 12.2 Å². The minimum absolute atomic E-state index is 0.0661. The van der Waals surface area contributed by atoms with E-state index < -0.39 is 10.1 Å². The molecule has 0 aliphatic carbocycles. The van der Waals surface area contributed by atoms with Crippen LogP contribution in [0, 0.1) is 0 Å². The summed E-state index contributed by atoms with van der Waals surface area (Å²) in [5.41, 5.74) is 2.16. The first-order valence-corrected chi connectivity index (χ1v) is 16.6. The molecule has 0 saturated carbocycles. The summed E-state index contributed by atoms with van der Waals surface area (Å²) < 4.78 is 33.0. The summed E-state index contributed by atoms with van der Waals surface area (Å²) in [5.74, 6) is 0.680. The van der Waals surface area contributed by atoms with Crippen molar-refractivity contribution in [2.24, 2.45) is 0 Å². The number of benzene rings is 2. The number of carbonyl (C=O) groups excluding carboxylic acids is 1. The molecule has 0 radical (unpaired) electrons. The molecule has 1 N–H and O–H groups in total. The molecular weight excluding hydrogens is 510 g/mol. The predicted molar refractivity (Wildman–Crippen MR) is 161 cm³/mol. The number of hydrogen-bond acceptors (Lipinski definition) is 5. The lowest BCUT2D eigenvalue weighted by Crippen LogP contribution is -2.14. The highest BCUT2D eigenvalue weighted by molar-refractivity contribution is 7.85. The van der Waals surface area contributed by atoms with Crippen LogP contribution in [0.2, 0.25) is 0 Å². The van der Waals surface area contributed by atoms with Crippen molar-refractivity contribution in [1.29, 1.82) is 0 Å². The highest BCUT2D eigenvalue weighted by Gasteiger charge is 2.07. The summed E-state index contributed by atoms with van der Waals surface area (Å²) in [6.45, 7) is 2.92. The van der Waals surface area contributed by atoms with Gasteiger partial charge in [-0.2, -0.15) is 8.42 Å². The lowest BCUT2D eigenvalue weighted by atomic mass is 10.0. The number of anilines is 1. The van der Waals surface area contributed by atoms with Crippen LogP contribution in [0.5, 0.6) is 5.75 Å². The first-order valence-electron chi connectivity index (χ1n) is 14.8. The van der Waals surface area contributed by atoms with Crippen LogP contribution >= 0.6 is 0 Å². The Bertz CT molecular complexity index is 1040. The highest BCUT2D eigenvalue weighted by atomic mass is 32.2. The van der Waals surface area contributed by atoms with Crippen molar-refractivity contribution in [2.75, 3.05) is 18.2 Å². The molecule has 2 aromatic carbocycles. The third-order valence-corrected chi connectivity index (χ3v) is 7.25. The zero-order chi connectivity index (χ0) is 28.2. The van der Waals surface area contributed by atoms with Gasteiger partial charge in [0, 0.05) is 5.69 Å². The summed E-state index contributed by atoms with van der Waals surface area (Å²) in [5, 5.41) is 2.85. The van der Waals surface area contributed by atoms with Crippen molar-refractivity contribution in [3.63, 3.8) is 0 Å². The molecule has 0 spiro atoms. The molecule has 1 amide bonds. The molecule has 0 fully saturated rings. The minimum Gasteiger partial charge on any atom is -0.494 e. The molecule has 2 aromatic rings. The second-order valence-electron chi connectivity index (χ2n) is 10.5. The number of ether oxygens (including phenoxy) is 1. The Morgan fingerprint density at radius 2 is 1.31 bits per heavy atom. The Morgan fingerprint density at radius 1 is 0.744 bits per heavy atom. The first kappa shape index (κ1) is 32.8. The van der Waals surface area contributed by atoms with Crippen molar-refractivity contribution < 1.29 is 22.1 Å². The van der Waals surface area contributed by atoms with Crippen LogP contribution in [0.15, 0.2) is 48.5 Å². The van der Waals surface area contributed by atoms with E-state index in [1.807, 2.05) is 24.3 Å². The van der Waals surface area contributed by atoms with E-state index in [-0.39, 0.29) is 18.9 Å². The van der Waals surface area contributed by atoms with Crippen molar-refractivity contribution in [1.82, 2.24) is 0 Å². The lowest BCUT2D eigenvalue weighted by Gasteiger charge is -2.09. The molecule has 0 bridgehead atoms. The summed E-state index contributed by atoms with van der Waals surface area (Å²) >= 11 is 0. The fourth-order valence-corrected chi connectivity index (χ4v) is 4.84. The molecule has 6 nitrogen and oxygen atoms in total. The number of amides is 1. The number of nitrogens with one attached hydrogen (secondary N) is 1. The van der Waals surface area contributed by atoms with E-state index in [4.69, 9.17) is 8.92 Å². The molecule has 0 aromatic heterocycles. The Balaban J connectivity index is 1.52. The molecule has 0 heterocycles. The van der Waals surface area contributed by atoms with E-state index in [1.54, 1.807) is 24.3 Å². The largest absolute Gasteiger partial charge is 0.494 e. The topological polar surface area (TPSA) is 81.7 Å². The Labute approximate surface area is 237 Å². The molecule has 0 aliphatic heterocycles. The summed E-state index contributed by atoms with van der Waals surface area (Å²) in [7, 11) is -3.52. The smallest absolute Gasteiger partial charge is 0.264 e. The third-order valence-electron chi connectivity index (χ3n) is 6.71. The number of hydrogen-bond donors (Lipinski definition) is 1. The SMILES string of the molecule is CCCCCCCCCCCCCCCCOc1ccc(CC(=O)Nc2cccc(COS(C)(=O)=O)c2)cc1. The van der Waals surface area contributed by atoms with Gasteiger partial charge in [0.15, 0.2) is 0 Å². The normalized spacial score (nSPS) is 11.4. The van der Waals surface area contributed by atoms with Crippen LogP contribution < -0.4 is 10.1 Å². The Kier molecular flexibility index (Phi) is 16.5. The van der Waals surface area contributed by atoms with Gasteiger partial charge in [0.05, 0.1) is 25.9 Å². The van der Waals surface area contributed by atoms with Gasteiger partial charge < -0.3 is 10.1 Å². The molecule has 7 heteroatoms. The van der Waals surface area contributed by atoms with Crippen molar-refractivity contribution in [2.45, 2.75) is 110 Å². The van der Waals surface area contributed by atoms with Crippen molar-refractivity contribution >= 4 is 21.7 Å². The van der Waals surface area contributed by atoms with Crippen LogP contribution in [0.4, 0.5) is 5.69 Å². The van der Waals surface area contributed by atoms with Gasteiger partial charge in [0.1, 0.15) is 5.75 Å². The van der Waals surface area contributed by atoms with Gasteiger partial charge in [-0.05, 0) is 41.8 Å². The third kappa shape index (κ3) is 17.0. The first-order chi connectivity index (χ1) is 18.9. The number of rotatable bonds is 22. The maximum Gasteiger partial charge on any atom is 0.264 e. The summed E-state index contributed by atoms with van der Waals surface area (Å²) in [4.78, 5) is 12.5. The lowest BCUT2D eigenvalue weighted by molar-refractivity contribution is -0.115. The molecule has 39 heavy (non-hydrogen) atoms. The van der Waals surface area contributed by atoms with Gasteiger partial charge in [0.2, 0.25) is 5.91 Å². The van der Waals surface area contributed by atoms with Crippen LogP contribution in [-0.2, 0) is 32.1 Å². The number of unbranched alkanes of at least 4 members (excludes halogenated alkanes) is 13. The minimum atomic E-state index is -3.52. The van der Waals surface area contributed by atoms with Gasteiger partial charge in [-0.15, -0.1) is 0 Å². The van der Waals surface area contributed by atoms with E-state index >= 15 is 0 Å². The maximum atomic E-state index is 12.5. The second-order valence-corrected chi connectivity index (χ2v) is 12.1. The summed E-state index contributed by atoms with van der Waals surface area (Å²) in [6.07, 6.45) is 20.0. The molecule has 0 aliphatic rings. The predicted octanol–water partition coefficient (Wildman–Crippen LogP) is 8.20. The Morgan fingerprint density at radius 3 is 1.87 bits per heavy atom. The van der Waals surface area contributed by atoms with Crippen LogP contribution in [-0.4, -0.2) is 27.2 Å². The van der Waals surface area contributed by atoms with Crippen LogP contribution in [0.25, 0.3) is 0 Å². The molecule has 0 saturated heterocycles. The zero-order valence-corrected chi connectivity index (χ0v) is 24.9. The van der Waals surface area contributed by atoms with E-state index in [1.165, 1.54) is 83.5 Å². The van der Waals surface area contributed by atoms with Crippen LogP contribution in [0.3, 0.4) is 0 Å². The highest BCUT2D eigenvalue weighted by Crippen LogP contribution is 2.17. The van der Waals surface area contributed by atoms with Crippen molar-refractivity contribution in [3.05, 3.63) is 59.7 Å². The van der Waals surface area contributed by atoms with E-state index in [0.29, 0.717) is 11.3 Å². The molecule has 0 unspecified atom stereocenters. The average Bonchev–Trinajstić information content (AvgIpc) is 2.90. The standard InChI is InChI=1S/C32H49NO5S/c1-3-4-5-6-7-8-9-10-11-12-13-14-15-16-24-37-31-22-20-28(21-23-31)26-32(34)33-30-19-17-18-29(25-30)27-38-39(2,35)36/h17-23,25H,3-16,24,26-27H2,1-2H3,(H,33,34). The quantitative estimate of drug-likeness (QED) is 0.116. The molecule has 218 valence electrons. The van der Waals surface area contributed by atoms with Gasteiger partial charge in [-0.3, -0.25) is 8.98 Å². The van der Waals surface area contributed by atoms with Gasteiger partial charge >= 0.3 is 0 Å². The van der Waals surface area contributed by atoms with Crippen molar-refractivity contribution in [3.8, 4) is 5.75 Å². The van der Waals surface area contributed by atoms with E-state index in [9.17, 15) is 13.2 Å². The molecule has 0 atom stereocenters. The fraction of sp³-hybridized carbons (Fsp3) is 0.594. The zero-order valence-electron chi connectivity index (χ0n) is 24.1.